The van der Waals surface area contributed by atoms with E-state index in [9.17, 15) is 0 Å². The van der Waals surface area contributed by atoms with Gasteiger partial charge in [0.2, 0.25) is 0 Å². The van der Waals surface area contributed by atoms with Crippen LogP contribution in [0.4, 0.5) is 11.4 Å². The highest BCUT2D eigenvalue weighted by molar-refractivity contribution is 6.90. The van der Waals surface area contributed by atoms with Gasteiger partial charge in [0.05, 0.1) is 5.69 Å². The second kappa shape index (κ2) is 6.19. The van der Waals surface area contributed by atoms with Crippen LogP contribution in [0.15, 0.2) is 103 Å². The molecule has 0 N–H and O–H groups in total. The molecular weight excluding hydrogens is 315 g/mol. The quantitative estimate of drug-likeness (QED) is 0.516. The smallest absolute Gasteiger partial charge is 0.328 e. The highest BCUT2D eigenvalue weighted by Crippen LogP contribution is 2.38. The Hall–Kier alpha value is -3.33. The van der Waals surface area contributed by atoms with Crippen LogP contribution in [0, 0.1) is 0 Å². The van der Waals surface area contributed by atoms with Crippen LogP contribution in [0.5, 0.6) is 0 Å². The first kappa shape index (κ1) is 15.0. The van der Waals surface area contributed by atoms with Gasteiger partial charge in [0.1, 0.15) is 0 Å². The van der Waals surface area contributed by atoms with E-state index in [2.05, 4.69) is 101 Å². The summed E-state index contributed by atoms with van der Waals surface area (Å²) < 4.78 is 0. The van der Waals surface area contributed by atoms with Crippen molar-refractivity contribution in [3.63, 3.8) is 0 Å². The summed E-state index contributed by atoms with van der Waals surface area (Å²) in [6, 6.07) is 32.1. The van der Waals surface area contributed by atoms with Crippen LogP contribution < -0.4 is 15.7 Å². The Kier molecular flexibility index (Phi) is 3.57. The van der Waals surface area contributed by atoms with Gasteiger partial charge in [-0.1, -0.05) is 78.3 Å². The number of aromatic nitrogens is 1. The average molecular weight is 332 g/mol. The second-order valence-corrected chi connectivity index (χ2v) is 6.50. The van der Waals surface area contributed by atoms with Crippen molar-refractivity contribution in [2.45, 2.75) is 0 Å². The third kappa shape index (κ3) is 2.32. The van der Waals surface area contributed by atoms with Crippen LogP contribution in [-0.2, 0) is 0 Å². The standard InChI is InChI=1S/C23H17BN2/c1-3-9-18(10-4-1)24-22-14-8-7-13-20(22)21-15-16-25-17-23(21)26(24)19-11-5-2-6-12-19/h1-17H. The minimum atomic E-state index is 0.117. The van der Waals surface area contributed by atoms with Crippen LogP contribution in [0.3, 0.4) is 0 Å². The van der Waals surface area contributed by atoms with E-state index in [1.54, 1.807) is 0 Å². The molecule has 1 aromatic heterocycles. The molecule has 3 heteroatoms. The molecule has 0 radical (unpaired) electrons. The summed E-state index contributed by atoms with van der Waals surface area (Å²) in [5, 5.41) is 0. The molecule has 0 spiro atoms. The number of anilines is 2. The lowest BCUT2D eigenvalue weighted by molar-refractivity contribution is 1.27. The molecule has 0 atom stereocenters. The molecule has 0 amide bonds. The topological polar surface area (TPSA) is 16.1 Å². The number of benzene rings is 3. The molecule has 2 nitrogen and oxygen atoms in total. The van der Waals surface area contributed by atoms with Gasteiger partial charge in [-0.15, -0.1) is 0 Å². The van der Waals surface area contributed by atoms with Crippen LogP contribution in [0.25, 0.3) is 11.1 Å². The van der Waals surface area contributed by atoms with Crippen molar-refractivity contribution in [1.29, 1.82) is 0 Å². The minimum Gasteiger partial charge on any atom is -0.375 e. The first-order valence-corrected chi connectivity index (χ1v) is 8.86. The fraction of sp³-hybridized carbons (Fsp3) is 0. The lowest BCUT2D eigenvalue weighted by atomic mass is 9.46. The fourth-order valence-electron chi connectivity index (χ4n) is 3.91. The molecule has 0 saturated carbocycles. The Bertz CT molecular complexity index is 961. The molecule has 0 bridgehead atoms. The highest BCUT2D eigenvalue weighted by Gasteiger charge is 2.36. The molecule has 1 aliphatic heterocycles. The molecule has 4 aromatic rings. The maximum atomic E-state index is 4.43. The van der Waals surface area contributed by atoms with Crippen molar-refractivity contribution in [3.05, 3.63) is 103 Å². The van der Waals surface area contributed by atoms with Gasteiger partial charge in [0.25, 0.3) is 0 Å². The molecule has 1 aliphatic rings. The Morgan fingerprint density at radius 2 is 1.35 bits per heavy atom. The molecule has 5 rings (SSSR count). The minimum absolute atomic E-state index is 0.117. The lowest BCUT2D eigenvalue weighted by Gasteiger charge is -2.38. The van der Waals surface area contributed by atoms with Crippen LogP contribution >= 0.6 is 0 Å². The molecule has 26 heavy (non-hydrogen) atoms. The zero-order valence-electron chi connectivity index (χ0n) is 14.3. The molecule has 3 aromatic carbocycles. The van der Waals surface area contributed by atoms with Gasteiger partial charge in [-0.3, -0.25) is 4.98 Å². The Balaban J connectivity index is 1.83. The summed E-state index contributed by atoms with van der Waals surface area (Å²) >= 11 is 0. The average Bonchev–Trinajstić information content (AvgIpc) is 2.74. The molecule has 0 saturated heterocycles. The SMILES string of the molecule is c1ccc(B2c3ccccc3-c3ccncc3N2c2ccccc2)cc1. The predicted molar refractivity (Wildman–Crippen MR) is 110 cm³/mol. The first-order valence-electron chi connectivity index (χ1n) is 8.86. The largest absolute Gasteiger partial charge is 0.375 e. The van der Waals surface area contributed by atoms with E-state index in [1.165, 1.54) is 27.7 Å². The third-order valence-electron chi connectivity index (χ3n) is 5.01. The number of pyridine rings is 1. The van der Waals surface area contributed by atoms with E-state index < -0.39 is 0 Å². The predicted octanol–water partition coefficient (Wildman–Crippen LogP) is 4.01. The first-order chi connectivity index (χ1) is 12.9. The molecule has 0 unspecified atom stereocenters. The summed E-state index contributed by atoms with van der Waals surface area (Å²) in [5.74, 6) is 0. The molecule has 0 aliphatic carbocycles. The van der Waals surface area contributed by atoms with Gasteiger partial charge in [0, 0.05) is 23.6 Å². The number of hydrogen-bond donors (Lipinski definition) is 0. The van der Waals surface area contributed by atoms with Crippen LogP contribution in [0.2, 0.25) is 0 Å². The van der Waals surface area contributed by atoms with Crippen LogP contribution in [-0.4, -0.2) is 11.8 Å². The van der Waals surface area contributed by atoms with Gasteiger partial charge < -0.3 is 4.81 Å². The third-order valence-corrected chi connectivity index (χ3v) is 5.01. The Morgan fingerprint density at radius 3 is 2.15 bits per heavy atom. The summed E-state index contributed by atoms with van der Waals surface area (Å²) in [6.07, 6.45) is 3.86. The number of fused-ring (bicyclic) bond motifs is 3. The van der Waals surface area contributed by atoms with E-state index in [-0.39, 0.29) is 6.85 Å². The summed E-state index contributed by atoms with van der Waals surface area (Å²) in [4.78, 5) is 6.84. The highest BCUT2D eigenvalue weighted by atomic mass is 15.1. The van der Waals surface area contributed by atoms with Crippen molar-refractivity contribution < 1.29 is 0 Å². The molecule has 2 heterocycles. The zero-order valence-corrected chi connectivity index (χ0v) is 14.3. The van der Waals surface area contributed by atoms with Gasteiger partial charge >= 0.3 is 6.85 Å². The van der Waals surface area contributed by atoms with Crippen molar-refractivity contribution in [2.75, 3.05) is 4.81 Å². The number of rotatable bonds is 2. The maximum Gasteiger partial charge on any atom is 0.328 e. The van der Waals surface area contributed by atoms with Crippen molar-refractivity contribution in [1.82, 2.24) is 4.98 Å². The summed E-state index contributed by atoms with van der Waals surface area (Å²) in [6.45, 7) is 0.117. The second-order valence-electron chi connectivity index (χ2n) is 6.50. The Morgan fingerprint density at radius 1 is 0.654 bits per heavy atom. The molecule has 122 valence electrons. The van der Waals surface area contributed by atoms with E-state index in [0.29, 0.717) is 0 Å². The van der Waals surface area contributed by atoms with E-state index in [0.717, 1.165) is 5.69 Å². The van der Waals surface area contributed by atoms with Gasteiger partial charge in [-0.2, -0.15) is 0 Å². The molecular formula is C23H17BN2. The Labute approximate surface area is 153 Å². The van der Waals surface area contributed by atoms with Gasteiger partial charge in [0.15, 0.2) is 0 Å². The number of hydrogen-bond acceptors (Lipinski definition) is 2. The number of para-hydroxylation sites is 1. The van der Waals surface area contributed by atoms with Gasteiger partial charge in [-0.25, -0.2) is 0 Å². The van der Waals surface area contributed by atoms with E-state index in [4.69, 9.17) is 0 Å². The van der Waals surface area contributed by atoms with E-state index >= 15 is 0 Å². The lowest BCUT2D eigenvalue weighted by Crippen LogP contribution is -2.57. The maximum absolute atomic E-state index is 4.43. The van der Waals surface area contributed by atoms with Gasteiger partial charge in [-0.05, 0) is 29.2 Å². The van der Waals surface area contributed by atoms with Crippen molar-refractivity contribution in [2.24, 2.45) is 0 Å². The summed E-state index contributed by atoms with van der Waals surface area (Å²) in [7, 11) is 0. The monoisotopic (exact) mass is 332 g/mol. The van der Waals surface area contributed by atoms with Crippen LogP contribution in [0.1, 0.15) is 0 Å². The fourth-order valence-corrected chi connectivity index (χ4v) is 3.91. The van der Waals surface area contributed by atoms with E-state index in [1.807, 2.05) is 12.4 Å². The van der Waals surface area contributed by atoms with Crippen molar-refractivity contribution in [3.8, 4) is 11.1 Å². The van der Waals surface area contributed by atoms with Crippen molar-refractivity contribution >= 4 is 29.1 Å². The summed E-state index contributed by atoms with van der Waals surface area (Å²) in [5.41, 5.74) is 7.42. The molecule has 0 fully saturated rings. The number of nitrogens with zero attached hydrogens (tertiary/aromatic N) is 2. The zero-order chi connectivity index (χ0) is 17.3. The normalized spacial score (nSPS) is 12.5.